The third kappa shape index (κ3) is 3.98. The van der Waals surface area contributed by atoms with E-state index in [1.165, 1.54) is 23.5 Å². The summed E-state index contributed by atoms with van der Waals surface area (Å²) < 4.78 is 27.1. The van der Waals surface area contributed by atoms with Crippen molar-refractivity contribution in [2.75, 3.05) is 0 Å². The van der Waals surface area contributed by atoms with Gasteiger partial charge in [0.25, 0.3) is 0 Å². The van der Waals surface area contributed by atoms with E-state index in [9.17, 15) is 8.42 Å². The van der Waals surface area contributed by atoms with Gasteiger partial charge in [0.1, 0.15) is 9.88 Å². The minimum absolute atomic E-state index is 0.0542. The van der Waals surface area contributed by atoms with Crippen molar-refractivity contribution in [2.24, 2.45) is 5.73 Å². The predicted octanol–water partition coefficient (Wildman–Crippen LogP) is 2.22. The van der Waals surface area contributed by atoms with Gasteiger partial charge in [-0.15, -0.1) is 11.3 Å². The molecule has 0 unspecified atom stereocenters. The quantitative estimate of drug-likeness (QED) is 0.797. The zero-order valence-electron chi connectivity index (χ0n) is 11.0. The summed E-state index contributed by atoms with van der Waals surface area (Å²) in [4.78, 5) is 4.25. The first kappa shape index (κ1) is 16.3. The van der Waals surface area contributed by atoms with Gasteiger partial charge in [-0.2, -0.15) is 0 Å². The molecule has 2 rings (SSSR count). The third-order valence-electron chi connectivity index (χ3n) is 2.62. The van der Waals surface area contributed by atoms with Crippen LogP contribution < -0.4 is 10.5 Å². The van der Waals surface area contributed by atoms with Gasteiger partial charge in [-0.25, -0.2) is 18.1 Å². The van der Waals surface area contributed by atoms with Crippen LogP contribution in [-0.4, -0.2) is 18.4 Å². The summed E-state index contributed by atoms with van der Waals surface area (Å²) in [6, 6.07) is 4.39. The van der Waals surface area contributed by atoms with Crippen LogP contribution in [0.5, 0.6) is 0 Å². The number of sulfonamides is 1. The van der Waals surface area contributed by atoms with Crippen molar-refractivity contribution >= 4 is 50.2 Å². The Kier molecular flexibility index (Phi) is 4.95. The predicted molar refractivity (Wildman–Crippen MR) is 88.2 cm³/mol. The highest BCUT2D eigenvalue weighted by atomic mass is 35.5. The summed E-state index contributed by atoms with van der Waals surface area (Å²) in [6.45, 7) is 1.95. The van der Waals surface area contributed by atoms with E-state index in [1.807, 2.05) is 6.92 Å². The largest absolute Gasteiger partial charge is 0.389 e. The third-order valence-corrected chi connectivity index (χ3v) is 5.56. The van der Waals surface area contributed by atoms with Crippen LogP contribution in [0.25, 0.3) is 0 Å². The summed E-state index contributed by atoms with van der Waals surface area (Å²) in [5, 5.41) is 2.78. The van der Waals surface area contributed by atoms with E-state index in [4.69, 9.17) is 29.6 Å². The molecule has 1 aromatic heterocycles. The maximum Gasteiger partial charge on any atom is 0.242 e. The average Bonchev–Trinajstić information content (AvgIpc) is 2.82. The van der Waals surface area contributed by atoms with Crippen LogP contribution in [-0.2, 0) is 16.6 Å². The molecule has 0 fully saturated rings. The van der Waals surface area contributed by atoms with Gasteiger partial charge >= 0.3 is 0 Å². The molecule has 0 aliphatic carbocycles. The molecule has 1 aromatic carbocycles. The molecule has 0 saturated heterocycles. The average molecular weight is 362 g/mol. The van der Waals surface area contributed by atoms with Crippen LogP contribution in [0.2, 0.25) is 5.02 Å². The van der Waals surface area contributed by atoms with Crippen LogP contribution in [0, 0.1) is 6.92 Å². The fourth-order valence-electron chi connectivity index (χ4n) is 1.60. The smallest absolute Gasteiger partial charge is 0.242 e. The zero-order valence-corrected chi connectivity index (χ0v) is 14.2. The number of hydrogen-bond acceptors (Lipinski definition) is 5. The van der Waals surface area contributed by atoms with E-state index in [0.29, 0.717) is 11.3 Å². The molecule has 3 N–H and O–H groups in total. The SMILES string of the molecule is Cc1nc(CNS(=O)(=O)c2cc(C(N)=S)ccc2Cl)cs1. The van der Waals surface area contributed by atoms with Crippen LogP contribution >= 0.6 is 35.2 Å². The first-order chi connectivity index (χ1) is 9.79. The first-order valence-corrected chi connectivity index (χ1v) is 8.94. The fraction of sp³-hybridized carbons (Fsp3) is 0.167. The summed E-state index contributed by atoms with van der Waals surface area (Å²) in [5.41, 5.74) is 6.61. The molecule has 0 aliphatic heterocycles. The molecule has 112 valence electrons. The number of aromatic nitrogens is 1. The Morgan fingerprint density at radius 3 is 2.81 bits per heavy atom. The van der Waals surface area contributed by atoms with Crippen molar-refractivity contribution in [3.63, 3.8) is 0 Å². The van der Waals surface area contributed by atoms with Crippen molar-refractivity contribution in [3.8, 4) is 0 Å². The fourth-order valence-corrected chi connectivity index (χ4v) is 3.86. The first-order valence-electron chi connectivity index (χ1n) is 5.79. The minimum Gasteiger partial charge on any atom is -0.389 e. The second-order valence-corrected chi connectivity index (χ2v) is 7.84. The Hall–Kier alpha value is -1.06. The van der Waals surface area contributed by atoms with Crippen LogP contribution in [0.15, 0.2) is 28.5 Å². The topological polar surface area (TPSA) is 85.1 Å². The van der Waals surface area contributed by atoms with Crippen LogP contribution in [0.1, 0.15) is 16.3 Å². The van der Waals surface area contributed by atoms with Gasteiger partial charge in [-0.1, -0.05) is 29.9 Å². The Morgan fingerprint density at radius 1 is 1.52 bits per heavy atom. The highest BCUT2D eigenvalue weighted by Gasteiger charge is 2.19. The number of thiazole rings is 1. The number of nitrogens with one attached hydrogen (secondary N) is 1. The number of halogens is 1. The van der Waals surface area contributed by atoms with E-state index in [-0.39, 0.29) is 21.5 Å². The molecule has 0 amide bonds. The number of benzene rings is 1. The summed E-state index contributed by atoms with van der Waals surface area (Å²) in [7, 11) is -3.77. The van der Waals surface area contributed by atoms with Crippen molar-refractivity contribution < 1.29 is 8.42 Å². The number of nitrogens with two attached hydrogens (primary N) is 1. The highest BCUT2D eigenvalue weighted by Crippen LogP contribution is 2.23. The van der Waals surface area contributed by atoms with Gasteiger partial charge in [0.2, 0.25) is 10.0 Å². The highest BCUT2D eigenvalue weighted by molar-refractivity contribution is 7.89. The Balaban J connectivity index is 2.26. The summed E-state index contributed by atoms with van der Waals surface area (Å²) in [6.07, 6.45) is 0. The van der Waals surface area contributed by atoms with E-state index >= 15 is 0 Å². The minimum atomic E-state index is -3.77. The van der Waals surface area contributed by atoms with Gasteiger partial charge < -0.3 is 5.73 Å². The van der Waals surface area contributed by atoms with E-state index < -0.39 is 10.0 Å². The standard InChI is InChI=1S/C12H12ClN3O2S3/c1-7-16-9(6-20-7)5-15-21(17,18)11-4-8(12(14)19)2-3-10(11)13/h2-4,6,15H,5H2,1H3,(H2,14,19). The normalized spacial score (nSPS) is 11.5. The van der Waals surface area contributed by atoms with Gasteiger partial charge in [0.15, 0.2) is 0 Å². The second kappa shape index (κ2) is 6.37. The Bertz CT molecular complexity index is 787. The van der Waals surface area contributed by atoms with E-state index in [0.717, 1.165) is 5.01 Å². The molecule has 0 bridgehead atoms. The van der Waals surface area contributed by atoms with Crippen molar-refractivity contribution in [3.05, 3.63) is 44.9 Å². The molecule has 0 radical (unpaired) electrons. The number of nitrogens with zero attached hydrogens (tertiary/aromatic N) is 1. The van der Waals surface area contributed by atoms with E-state index in [1.54, 1.807) is 11.4 Å². The Morgan fingerprint density at radius 2 is 2.24 bits per heavy atom. The lowest BCUT2D eigenvalue weighted by atomic mass is 10.2. The molecule has 1 heterocycles. The van der Waals surface area contributed by atoms with Crippen LogP contribution in [0.3, 0.4) is 0 Å². The Labute approximate surface area is 137 Å². The number of aryl methyl sites for hydroxylation is 1. The summed E-state index contributed by atoms with van der Waals surface area (Å²) in [5.74, 6) is 0. The van der Waals surface area contributed by atoms with Gasteiger partial charge in [0.05, 0.1) is 22.3 Å². The van der Waals surface area contributed by atoms with Crippen molar-refractivity contribution in [1.29, 1.82) is 0 Å². The summed E-state index contributed by atoms with van der Waals surface area (Å²) >= 11 is 12.3. The number of thiocarbonyl (C=S) groups is 1. The maximum atomic E-state index is 12.3. The monoisotopic (exact) mass is 361 g/mol. The van der Waals surface area contributed by atoms with Gasteiger partial charge in [-0.3, -0.25) is 0 Å². The lowest BCUT2D eigenvalue weighted by molar-refractivity contribution is 0.580. The van der Waals surface area contributed by atoms with Gasteiger partial charge in [0, 0.05) is 10.9 Å². The second-order valence-electron chi connectivity index (χ2n) is 4.19. The van der Waals surface area contributed by atoms with E-state index in [2.05, 4.69) is 9.71 Å². The molecule has 9 heteroatoms. The molecular formula is C12H12ClN3O2S3. The van der Waals surface area contributed by atoms with Crippen LogP contribution in [0.4, 0.5) is 0 Å². The molecule has 0 saturated carbocycles. The number of hydrogen-bond donors (Lipinski definition) is 2. The molecule has 2 aromatic rings. The molecule has 21 heavy (non-hydrogen) atoms. The molecular weight excluding hydrogens is 350 g/mol. The lowest BCUT2D eigenvalue weighted by Gasteiger charge is -2.09. The molecule has 0 atom stereocenters. The van der Waals surface area contributed by atoms with Crippen molar-refractivity contribution in [2.45, 2.75) is 18.4 Å². The lowest BCUT2D eigenvalue weighted by Crippen LogP contribution is -2.24. The molecule has 0 spiro atoms. The molecule has 0 aliphatic rings. The number of rotatable bonds is 5. The van der Waals surface area contributed by atoms with Crippen molar-refractivity contribution in [1.82, 2.24) is 9.71 Å². The zero-order chi connectivity index (χ0) is 15.6. The maximum absolute atomic E-state index is 12.3. The molecule has 5 nitrogen and oxygen atoms in total. The van der Waals surface area contributed by atoms with Gasteiger partial charge in [-0.05, 0) is 19.1 Å².